The van der Waals surface area contributed by atoms with Crippen LogP contribution in [0.25, 0.3) is 0 Å². The van der Waals surface area contributed by atoms with Crippen LogP contribution in [0.4, 0.5) is 0 Å². The second-order valence-electron chi connectivity index (χ2n) is 6.30. The summed E-state index contributed by atoms with van der Waals surface area (Å²) in [5.74, 6) is 1.25. The monoisotopic (exact) mass is 362 g/mol. The van der Waals surface area contributed by atoms with Gasteiger partial charge in [0, 0.05) is 37.3 Å². The zero-order valence-corrected chi connectivity index (χ0v) is 17.0. The van der Waals surface area contributed by atoms with Crippen LogP contribution >= 0.6 is 11.3 Å². The van der Waals surface area contributed by atoms with Gasteiger partial charge in [-0.2, -0.15) is 5.10 Å². The number of aromatic nitrogens is 3. The molecular weight excluding hydrogens is 332 g/mol. The topological polar surface area (TPSA) is 67.1 Å². The lowest BCUT2D eigenvalue weighted by atomic mass is 10.1. The third kappa shape index (κ3) is 4.81. The molecule has 2 aromatic heterocycles. The van der Waals surface area contributed by atoms with E-state index >= 15 is 0 Å². The predicted molar refractivity (Wildman–Crippen MR) is 105 cm³/mol. The van der Waals surface area contributed by atoms with Crippen LogP contribution in [0.2, 0.25) is 0 Å². The molecule has 0 aliphatic carbocycles. The highest BCUT2D eigenvalue weighted by Crippen LogP contribution is 2.17. The van der Waals surface area contributed by atoms with E-state index in [4.69, 9.17) is 0 Å². The summed E-state index contributed by atoms with van der Waals surface area (Å²) in [5, 5.41) is 14.6. The van der Waals surface area contributed by atoms with E-state index in [9.17, 15) is 0 Å². The number of nitrogens with zero attached hydrogens (tertiary/aromatic N) is 4. The minimum absolute atomic E-state index is 0.466. The van der Waals surface area contributed by atoms with E-state index in [0.29, 0.717) is 12.5 Å². The van der Waals surface area contributed by atoms with E-state index in [1.165, 1.54) is 11.3 Å². The van der Waals surface area contributed by atoms with Crippen molar-refractivity contribution in [2.24, 2.45) is 12.0 Å². The molecule has 7 heteroatoms. The number of hydrogen-bond acceptors (Lipinski definition) is 4. The molecule has 0 saturated heterocycles. The van der Waals surface area contributed by atoms with Crippen molar-refractivity contribution >= 4 is 17.3 Å². The van der Waals surface area contributed by atoms with Crippen molar-refractivity contribution in [3.05, 3.63) is 33.0 Å². The molecule has 0 aliphatic rings. The molecule has 25 heavy (non-hydrogen) atoms. The summed E-state index contributed by atoms with van der Waals surface area (Å²) in [7, 11) is 3.81. The van der Waals surface area contributed by atoms with Crippen molar-refractivity contribution in [1.29, 1.82) is 0 Å². The maximum absolute atomic E-state index is 4.65. The Morgan fingerprint density at radius 3 is 2.52 bits per heavy atom. The van der Waals surface area contributed by atoms with Gasteiger partial charge in [-0.15, -0.1) is 11.3 Å². The number of rotatable bonds is 7. The van der Waals surface area contributed by atoms with Gasteiger partial charge in [0.1, 0.15) is 5.01 Å². The fourth-order valence-electron chi connectivity index (χ4n) is 2.82. The van der Waals surface area contributed by atoms with Gasteiger partial charge in [0.05, 0.1) is 17.9 Å². The van der Waals surface area contributed by atoms with Crippen LogP contribution in [-0.2, 0) is 33.0 Å². The molecular formula is C18H30N6S. The quantitative estimate of drug-likeness (QED) is 0.587. The summed E-state index contributed by atoms with van der Waals surface area (Å²) in [5.41, 5.74) is 4.87. The van der Waals surface area contributed by atoms with Gasteiger partial charge >= 0.3 is 0 Å². The van der Waals surface area contributed by atoms with Crippen molar-refractivity contribution < 1.29 is 0 Å². The highest BCUT2D eigenvalue weighted by atomic mass is 32.1. The Morgan fingerprint density at radius 2 is 1.96 bits per heavy atom. The van der Waals surface area contributed by atoms with Crippen LogP contribution in [0.1, 0.15) is 61.3 Å². The van der Waals surface area contributed by atoms with Gasteiger partial charge in [-0.1, -0.05) is 27.7 Å². The standard InChI is InChI=1S/C18H30N6S/c1-7-14-13(16(8-2)24(6)23-14)9-20-18(19-5)21-10-17-22-15(11-25-17)12(3)4/h11-12H,7-10H2,1-6H3,(H2,19,20,21). The molecule has 0 bridgehead atoms. The van der Waals surface area contributed by atoms with Gasteiger partial charge in [0.15, 0.2) is 5.96 Å². The van der Waals surface area contributed by atoms with Crippen molar-refractivity contribution in [3.8, 4) is 0 Å². The molecule has 0 amide bonds. The summed E-state index contributed by atoms with van der Waals surface area (Å²) in [6.07, 6.45) is 1.91. The summed E-state index contributed by atoms with van der Waals surface area (Å²) >= 11 is 1.69. The molecule has 0 fully saturated rings. The minimum atomic E-state index is 0.466. The lowest BCUT2D eigenvalue weighted by Crippen LogP contribution is -2.36. The highest BCUT2D eigenvalue weighted by molar-refractivity contribution is 7.09. The second kappa shape index (κ2) is 8.99. The summed E-state index contributed by atoms with van der Waals surface area (Å²) in [6, 6.07) is 0. The van der Waals surface area contributed by atoms with Crippen molar-refractivity contribution in [2.75, 3.05) is 7.05 Å². The number of guanidine groups is 1. The Morgan fingerprint density at radius 1 is 1.24 bits per heavy atom. The molecule has 2 rings (SSSR count). The molecule has 0 aliphatic heterocycles. The SMILES string of the molecule is CCc1nn(C)c(CC)c1CNC(=NC)NCc1nc(C(C)C)cs1. The summed E-state index contributed by atoms with van der Waals surface area (Å²) in [4.78, 5) is 8.97. The molecule has 2 N–H and O–H groups in total. The maximum atomic E-state index is 4.65. The van der Waals surface area contributed by atoms with E-state index in [-0.39, 0.29) is 0 Å². The zero-order chi connectivity index (χ0) is 18.4. The molecule has 0 aromatic carbocycles. The fraction of sp³-hybridized carbons (Fsp3) is 0.611. The Balaban J connectivity index is 1.96. The average Bonchev–Trinajstić information content (AvgIpc) is 3.19. The molecule has 0 saturated carbocycles. The van der Waals surface area contributed by atoms with Crippen LogP contribution in [0.3, 0.4) is 0 Å². The Kier molecular flexibility index (Phi) is 6.99. The first kappa shape index (κ1) is 19.4. The fourth-order valence-corrected chi connectivity index (χ4v) is 3.71. The first-order chi connectivity index (χ1) is 12.0. The molecule has 0 unspecified atom stereocenters. The zero-order valence-electron chi connectivity index (χ0n) is 16.2. The molecule has 6 nitrogen and oxygen atoms in total. The molecule has 138 valence electrons. The normalized spacial score (nSPS) is 12.0. The Hall–Kier alpha value is -1.89. The summed E-state index contributed by atoms with van der Waals surface area (Å²) < 4.78 is 2.00. The van der Waals surface area contributed by atoms with Gasteiger partial charge in [0.2, 0.25) is 0 Å². The number of aryl methyl sites for hydroxylation is 2. The molecule has 0 radical (unpaired) electrons. The maximum Gasteiger partial charge on any atom is 0.191 e. The highest BCUT2D eigenvalue weighted by Gasteiger charge is 2.14. The smallest absolute Gasteiger partial charge is 0.191 e. The van der Waals surface area contributed by atoms with E-state index in [0.717, 1.165) is 41.7 Å². The van der Waals surface area contributed by atoms with E-state index < -0.39 is 0 Å². The van der Waals surface area contributed by atoms with Crippen LogP contribution in [0, 0.1) is 0 Å². The van der Waals surface area contributed by atoms with Gasteiger partial charge in [0.25, 0.3) is 0 Å². The van der Waals surface area contributed by atoms with Crippen LogP contribution in [0.15, 0.2) is 10.4 Å². The van der Waals surface area contributed by atoms with Crippen molar-refractivity contribution in [3.63, 3.8) is 0 Å². The largest absolute Gasteiger partial charge is 0.352 e. The van der Waals surface area contributed by atoms with Gasteiger partial charge in [-0.05, 0) is 18.8 Å². The lowest BCUT2D eigenvalue weighted by molar-refractivity contribution is 0.702. The van der Waals surface area contributed by atoms with Crippen molar-refractivity contribution in [2.45, 2.75) is 59.5 Å². The Bertz CT molecular complexity index is 713. The van der Waals surface area contributed by atoms with Crippen molar-refractivity contribution in [1.82, 2.24) is 25.4 Å². The third-order valence-electron chi connectivity index (χ3n) is 4.25. The summed E-state index contributed by atoms with van der Waals surface area (Å²) in [6.45, 7) is 10.1. The number of nitrogens with one attached hydrogen (secondary N) is 2. The van der Waals surface area contributed by atoms with Gasteiger partial charge < -0.3 is 10.6 Å². The first-order valence-electron chi connectivity index (χ1n) is 8.92. The molecule has 2 heterocycles. The lowest BCUT2D eigenvalue weighted by Gasteiger charge is -2.12. The minimum Gasteiger partial charge on any atom is -0.352 e. The second-order valence-corrected chi connectivity index (χ2v) is 7.25. The first-order valence-corrected chi connectivity index (χ1v) is 9.80. The predicted octanol–water partition coefficient (Wildman–Crippen LogP) is 2.99. The average molecular weight is 363 g/mol. The number of hydrogen-bond donors (Lipinski definition) is 2. The van der Waals surface area contributed by atoms with Crippen LogP contribution < -0.4 is 10.6 Å². The van der Waals surface area contributed by atoms with Gasteiger partial charge in [-0.3, -0.25) is 9.67 Å². The molecule has 0 atom stereocenters. The molecule has 0 spiro atoms. The number of thiazole rings is 1. The van der Waals surface area contributed by atoms with E-state index in [2.05, 4.69) is 58.8 Å². The molecule has 2 aromatic rings. The van der Waals surface area contributed by atoms with Gasteiger partial charge in [-0.25, -0.2) is 4.98 Å². The van der Waals surface area contributed by atoms with Crippen LogP contribution in [-0.4, -0.2) is 27.8 Å². The Labute approximate surface area is 154 Å². The number of aliphatic imine (C=N–C) groups is 1. The van der Waals surface area contributed by atoms with Crippen LogP contribution in [0.5, 0.6) is 0 Å². The van der Waals surface area contributed by atoms with E-state index in [1.807, 2.05) is 11.7 Å². The van der Waals surface area contributed by atoms with E-state index in [1.54, 1.807) is 18.4 Å². The third-order valence-corrected chi connectivity index (χ3v) is 5.12.